The summed E-state index contributed by atoms with van der Waals surface area (Å²) in [6.45, 7) is 9.01. The summed E-state index contributed by atoms with van der Waals surface area (Å²) in [7, 11) is 4.16. The molecule has 1 N–H and O–H groups in total. The lowest BCUT2D eigenvalue weighted by Crippen LogP contribution is -2.30. The molecule has 1 rings (SSSR count). The second kappa shape index (κ2) is 7.30. The highest BCUT2D eigenvalue weighted by atomic mass is 79.9. The maximum Gasteiger partial charge on any atom is 0.0510 e. The van der Waals surface area contributed by atoms with Crippen LogP contribution in [0.4, 0.5) is 5.69 Å². The molecule has 0 saturated heterocycles. The fourth-order valence-corrected chi connectivity index (χ4v) is 3.00. The summed E-state index contributed by atoms with van der Waals surface area (Å²) in [5.74, 6) is 0.722. The molecule has 0 radical (unpaired) electrons. The van der Waals surface area contributed by atoms with E-state index in [4.69, 9.17) is 0 Å². The number of anilines is 1. The number of halogens is 1. The highest BCUT2D eigenvalue weighted by molar-refractivity contribution is 9.10. The molecular weight excluding hydrogens is 300 g/mol. The number of rotatable bonds is 6. The Labute approximate surface area is 126 Å². The monoisotopic (exact) mass is 326 g/mol. The van der Waals surface area contributed by atoms with Crippen LogP contribution in [0.3, 0.4) is 0 Å². The van der Waals surface area contributed by atoms with Crippen LogP contribution in [-0.2, 0) is 0 Å². The second-order valence-corrected chi connectivity index (χ2v) is 6.67. The van der Waals surface area contributed by atoms with Gasteiger partial charge >= 0.3 is 0 Å². The molecule has 0 saturated carbocycles. The van der Waals surface area contributed by atoms with Crippen LogP contribution in [0.1, 0.15) is 45.7 Å². The molecule has 19 heavy (non-hydrogen) atoms. The van der Waals surface area contributed by atoms with Crippen molar-refractivity contribution in [2.75, 3.05) is 19.0 Å². The molecule has 2 unspecified atom stereocenters. The van der Waals surface area contributed by atoms with Gasteiger partial charge in [-0.3, -0.25) is 0 Å². The largest absolute Gasteiger partial charge is 0.371 e. The van der Waals surface area contributed by atoms with Crippen LogP contribution in [0.5, 0.6) is 0 Å². The average Bonchev–Trinajstić information content (AvgIpc) is 2.36. The number of nitrogens with one attached hydrogen (secondary N) is 1. The lowest BCUT2D eigenvalue weighted by molar-refractivity contribution is 0.504. The molecule has 1 aromatic carbocycles. The molecule has 0 fully saturated rings. The maximum absolute atomic E-state index is 3.71. The quantitative estimate of drug-likeness (QED) is 0.821. The van der Waals surface area contributed by atoms with Crippen LogP contribution in [0, 0.1) is 5.92 Å². The van der Waals surface area contributed by atoms with Gasteiger partial charge in [-0.25, -0.2) is 0 Å². The zero-order chi connectivity index (χ0) is 14.6. The predicted octanol–water partition coefficient (Wildman–Crippen LogP) is 4.60. The van der Waals surface area contributed by atoms with Gasteiger partial charge in [0, 0.05) is 23.6 Å². The van der Waals surface area contributed by atoms with Gasteiger partial charge in [0.15, 0.2) is 0 Å². The average molecular weight is 327 g/mol. The van der Waals surface area contributed by atoms with Crippen molar-refractivity contribution < 1.29 is 0 Å². The van der Waals surface area contributed by atoms with Gasteiger partial charge < -0.3 is 10.2 Å². The summed E-state index contributed by atoms with van der Waals surface area (Å²) in [6.07, 6.45) is 1.21. The van der Waals surface area contributed by atoms with Crippen molar-refractivity contribution in [3.05, 3.63) is 28.2 Å². The maximum atomic E-state index is 3.71. The second-order valence-electron chi connectivity index (χ2n) is 5.81. The first-order valence-corrected chi connectivity index (χ1v) is 7.85. The van der Waals surface area contributed by atoms with Gasteiger partial charge in [0.05, 0.1) is 5.69 Å². The Hall–Kier alpha value is -0.540. The van der Waals surface area contributed by atoms with Gasteiger partial charge in [0.25, 0.3) is 0 Å². The first kappa shape index (κ1) is 16.5. The van der Waals surface area contributed by atoms with Gasteiger partial charge in [0.1, 0.15) is 0 Å². The minimum atomic E-state index is 0.378. The van der Waals surface area contributed by atoms with Crippen molar-refractivity contribution in [1.29, 1.82) is 0 Å². The Bertz CT molecular complexity index is 404. The molecule has 0 aliphatic rings. The van der Waals surface area contributed by atoms with E-state index in [2.05, 4.69) is 79.1 Å². The zero-order valence-electron chi connectivity index (χ0n) is 13.0. The third kappa shape index (κ3) is 4.50. The van der Waals surface area contributed by atoms with Gasteiger partial charge in [-0.2, -0.15) is 0 Å². The Morgan fingerprint density at radius 1 is 1.21 bits per heavy atom. The first-order chi connectivity index (χ1) is 8.86. The van der Waals surface area contributed by atoms with Crippen LogP contribution in [0.2, 0.25) is 0 Å². The summed E-state index contributed by atoms with van der Waals surface area (Å²) in [4.78, 5) is 2.36. The minimum absolute atomic E-state index is 0.378. The molecular formula is C16H27BrN2. The number of hydrogen-bond acceptors (Lipinski definition) is 2. The van der Waals surface area contributed by atoms with Crippen LogP contribution >= 0.6 is 15.9 Å². The van der Waals surface area contributed by atoms with Gasteiger partial charge in [0.2, 0.25) is 0 Å². The van der Waals surface area contributed by atoms with Crippen LogP contribution in [0.25, 0.3) is 0 Å². The first-order valence-electron chi connectivity index (χ1n) is 7.06. The molecule has 3 heteroatoms. The van der Waals surface area contributed by atoms with E-state index < -0.39 is 0 Å². The fourth-order valence-electron chi connectivity index (χ4n) is 2.32. The molecule has 108 valence electrons. The zero-order valence-corrected chi connectivity index (χ0v) is 14.6. The summed E-state index contributed by atoms with van der Waals surface area (Å²) >= 11 is 3.71. The molecule has 1 aromatic rings. The van der Waals surface area contributed by atoms with E-state index in [1.807, 2.05) is 7.05 Å². The van der Waals surface area contributed by atoms with Gasteiger partial charge in [-0.15, -0.1) is 0 Å². The molecule has 0 aromatic heterocycles. The van der Waals surface area contributed by atoms with Crippen LogP contribution < -0.4 is 10.2 Å². The number of hydrogen-bond donors (Lipinski definition) is 1. The molecule has 0 amide bonds. The van der Waals surface area contributed by atoms with Crippen LogP contribution in [0.15, 0.2) is 22.7 Å². The van der Waals surface area contributed by atoms with Crippen molar-refractivity contribution >= 4 is 21.6 Å². The van der Waals surface area contributed by atoms with Crippen molar-refractivity contribution in [2.45, 2.75) is 46.2 Å². The van der Waals surface area contributed by atoms with Crippen molar-refractivity contribution in [2.24, 2.45) is 5.92 Å². The molecule has 2 atom stereocenters. The van der Waals surface area contributed by atoms with Gasteiger partial charge in [-0.05, 0) is 66.9 Å². The number of nitrogens with zero attached hydrogens (tertiary/aromatic N) is 1. The Morgan fingerprint density at radius 3 is 2.32 bits per heavy atom. The Morgan fingerprint density at radius 2 is 1.84 bits per heavy atom. The fraction of sp³-hybridized carbons (Fsp3) is 0.625. The van der Waals surface area contributed by atoms with E-state index in [0.29, 0.717) is 12.1 Å². The molecule has 2 nitrogen and oxygen atoms in total. The molecule has 0 spiro atoms. The van der Waals surface area contributed by atoms with Crippen molar-refractivity contribution in [3.63, 3.8) is 0 Å². The molecule has 0 aliphatic heterocycles. The molecule has 0 bridgehead atoms. The lowest BCUT2D eigenvalue weighted by Gasteiger charge is -2.29. The van der Waals surface area contributed by atoms with E-state index in [-0.39, 0.29) is 0 Å². The lowest BCUT2D eigenvalue weighted by atomic mass is 10.0. The highest BCUT2D eigenvalue weighted by Gasteiger charge is 2.15. The SMILES string of the molecule is CNC(C)c1ccc(N(C)C(C)CC(C)C)c(Br)c1. The number of benzene rings is 1. The summed E-state index contributed by atoms with van der Waals surface area (Å²) in [5, 5.41) is 3.27. The predicted molar refractivity (Wildman–Crippen MR) is 88.9 cm³/mol. The summed E-state index contributed by atoms with van der Waals surface area (Å²) in [5.41, 5.74) is 2.57. The van der Waals surface area contributed by atoms with E-state index in [9.17, 15) is 0 Å². The van der Waals surface area contributed by atoms with E-state index >= 15 is 0 Å². The smallest absolute Gasteiger partial charge is 0.0510 e. The van der Waals surface area contributed by atoms with Crippen molar-refractivity contribution in [1.82, 2.24) is 5.32 Å². The third-order valence-electron chi connectivity index (χ3n) is 3.76. The topological polar surface area (TPSA) is 15.3 Å². The third-order valence-corrected chi connectivity index (χ3v) is 4.39. The molecule has 0 heterocycles. The standard InChI is InChI=1S/C16H27BrN2/c1-11(2)9-12(3)19(6)16-8-7-14(10-15(16)17)13(4)18-5/h7-8,10-13,18H,9H2,1-6H3. The van der Waals surface area contributed by atoms with Gasteiger partial charge in [-0.1, -0.05) is 19.9 Å². The normalized spacial score (nSPS) is 14.5. The van der Waals surface area contributed by atoms with Crippen LogP contribution in [-0.4, -0.2) is 20.1 Å². The van der Waals surface area contributed by atoms with E-state index in [1.54, 1.807) is 0 Å². The van der Waals surface area contributed by atoms with E-state index in [1.165, 1.54) is 22.1 Å². The Balaban J connectivity index is 2.89. The Kier molecular flexibility index (Phi) is 6.34. The van der Waals surface area contributed by atoms with Crippen molar-refractivity contribution in [3.8, 4) is 0 Å². The molecule has 0 aliphatic carbocycles. The minimum Gasteiger partial charge on any atom is -0.371 e. The summed E-state index contributed by atoms with van der Waals surface area (Å²) in [6, 6.07) is 7.56. The van der Waals surface area contributed by atoms with E-state index in [0.717, 1.165) is 5.92 Å². The summed E-state index contributed by atoms with van der Waals surface area (Å²) < 4.78 is 1.17. The highest BCUT2D eigenvalue weighted by Crippen LogP contribution is 2.30.